The van der Waals surface area contributed by atoms with E-state index in [1.807, 2.05) is 0 Å². The van der Waals surface area contributed by atoms with Gasteiger partial charge in [0.05, 0.1) is 11.5 Å². The van der Waals surface area contributed by atoms with Gasteiger partial charge in [-0.3, -0.25) is 10.1 Å². The molecular formula is C12H16N2O3. The summed E-state index contributed by atoms with van der Waals surface area (Å²) in [6.07, 6.45) is 1.05. The van der Waals surface area contributed by atoms with Crippen LogP contribution in [-0.2, 0) is 4.74 Å². The van der Waals surface area contributed by atoms with Crippen molar-refractivity contribution in [1.29, 1.82) is 0 Å². The first-order chi connectivity index (χ1) is 8.09. The topological polar surface area (TPSA) is 64.4 Å². The zero-order valence-corrected chi connectivity index (χ0v) is 9.81. The van der Waals surface area contributed by atoms with Gasteiger partial charge in [-0.1, -0.05) is 6.92 Å². The molecule has 2 rings (SSSR count). The number of anilines is 1. The monoisotopic (exact) mass is 236 g/mol. The van der Waals surface area contributed by atoms with Gasteiger partial charge in [0.2, 0.25) is 0 Å². The normalized spacial score (nSPS) is 23.6. The van der Waals surface area contributed by atoms with Crippen molar-refractivity contribution in [3.63, 3.8) is 0 Å². The first kappa shape index (κ1) is 11.9. The van der Waals surface area contributed by atoms with E-state index in [2.05, 4.69) is 12.2 Å². The fourth-order valence-electron chi connectivity index (χ4n) is 1.87. The van der Waals surface area contributed by atoms with Crippen molar-refractivity contribution in [3.8, 4) is 0 Å². The maximum Gasteiger partial charge on any atom is 0.269 e. The Labute approximate surface area is 99.9 Å². The molecule has 0 spiro atoms. The Morgan fingerprint density at radius 1 is 1.47 bits per heavy atom. The van der Waals surface area contributed by atoms with Gasteiger partial charge >= 0.3 is 0 Å². The molecule has 1 fully saturated rings. The van der Waals surface area contributed by atoms with E-state index in [9.17, 15) is 10.1 Å². The van der Waals surface area contributed by atoms with E-state index in [0.717, 1.165) is 31.9 Å². The number of nitro benzene ring substituents is 1. The number of rotatable bonds is 4. The molecule has 0 aromatic heterocycles. The molecule has 0 radical (unpaired) electrons. The number of nitrogens with zero attached hydrogens (tertiary/aromatic N) is 1. The number of nitro groups is 1. The highest BCUT2D eigenvalue weighted by Gasteiger charge is 2.29. The third kappa shape index (κ3) is 2.94. The van der Waals surface area contributed by atoms with Gasteiger partial charge in [-0.15, -0.1) is 0 Å². The Balaban J connectivity index is 1.93. The van der Waals surface area contributed by atoms with Crippen molar-refractivity contribution in [2.45, 2.75) is 13.3 Å². The Hall–Kier alpha value is -1.62. The maximum atomic E-state index is 10.5. The Bertz CT molecular complexity index is 397. The van der Waals surface area contributed by atoms with Crippen LogP contribution in [0.3, 0.4) is 0 Å². The first-order valence-electron chi connectivity index (χ1n) is 5.65. The van der Waals surface area contributed by atoms with Crippen LogP contribution in [0.5, 0.6) is 0 Å². The predicted molar refractivity (Wildman–Crippen MR) is 65.1 cm³/mol. The zero-order valence-electron chi connectivity index (χ0n) is 9.81. The quantitative estimate of drug-likeness (QED) is 0.644. The summed E-state index contributed by atoms with van der Waals surface area (Å²) in [7, 11) is 0. The fraction of sp³-hybridized carbons (Fsp3) is 0.500. The number of nitrogens with one attached hydrogen (secondary N) is 1. The standard InChI is InChI=1S/C12H16N2O3/c1-12(6-7-17-9-12)8-13-10-2-4-11(5-3-10)14(15)16/h2-5,13H,6-9H2,1H3/t12-/m1/s1. The lowest BCUT2D eigenvalue weighted by molar-refractivity contribution is -0.384. The van der Waals surface area contributed by atoms with E-state index >= 15 is 0 Å². The molecule has 0 amide bonds. The Kier molecular flexibility index (Phi) is 3.28. The second-order valence-corrected chi connectivity index (χ2v) is 4.77. The second-order valence-electron chi connectivity index (χ2n) is 4.77. The molecule has 17 heavy (non-hydrogen) atoms. The molecule has 0 unspecified atom stereocenters. The van der Waals surface area contributed by atoms with Gasteiger partial charge in [-0.05, 0) is 18.6 Å². The largest absolute Gasteiger partial charge is 0.384 e. The summed E-state index contributed by atoms with van der Waals surface area (Å²) in [6, 6.07) is 6.49. The van der Waals surface area contributed by atoms with Crippen LogP contribution in [0.4, 0.5) is 11.4 Å². The minimum Gasteiger partial charge on any atom is -0.384 e. The molecule has 92 valence electrons. The molecule has 1 aromatic rings. The molecule has 0 aliphatic carbocycles. The number of hydrogen-bond donors (Lipinski definition) is 1. The smallest absolute Gasteiger partial charge is 0.269 e. The minimum absolute atomic E-state index is 0.117. The Morgan fingerprint density at radius 3 is 2.71 bits per heavy atom. The van der Waals surface area contributed by atoms with Crippen LogP contribution in [0.1, 0.15) is 13.3 Å². The summed E-state index contributed by atoms with van der Waals surface area (Å²) in [5.74, 6) is 0. The van der Waals surface area contributed by atoms with Gasteiger partial charge in [0.1, 0.15) is 0 Å². The molecule has 1 saturated heterocycles. The third-order valence-corrected chi connectivity index (χ3v) is 3.10. The summed E-state index contributed by atoms with van der Waals surface area (Å²) in [5.41, 5.74) is 1.19. The molecule has 1 aliphatic rings. The summed E-state index contributed by atoms with van der Waals surface area (Å²) < 4.78 is 5.37. The number of hydrogen-bond acceptors (Lipinski definition) is 4. The fourth-order valence-corrected chi connectivity index (χ4v) is 1.87. The lowest BCUT2D eigenvalue weighted by Crippen LogP contribution is -2.26. The van der Waals surface area contributed by atoms with Gasteiger partial charge in [0, 0.05) is 36.4 Å². The Morgan fingerprint density at radius 2 is 2.18 bits per heavy atom. The van der Waals surface area contributed by atoms with Crippen LogP contribution >= 0.6 is 0 Å². The van der Waals surface area contributed by atoms with Crippen LogP contribution in [0.15, 0.2) is 24.3 Å². The molecule has 5 heteroatoms. The average Bonchev–Trinajstić information content (AvgIpc) is 2.75. The predicted octanol–water partition coefficient (Wildman–Crippen LogP) is 2.43. The van der Waals surface area contributed by atoms with Crippen molar-refractivity contribution in [3.05, 3.63) is 34.4 Å². The van der Waals surface area contributed by atoms with Crippen LogP contribution in [-0.4, -0.2) is 24.7 Å². The molecule has 0 saturated carbocycles. The van der Waals surface area contributed by atoms with Gasteiger partial charge in [-0.2, -0.15) is 0 Å². The first-order valence-corrected chi connectivity index (χ1v) is 5.65. The van der Waals surface area contributed by atoms with Gasteiger partial charge in [-0.25, -0.2) is 0 Å². The van der Waals surface area contributed by atoms with E-state index in [1.165, 1.54) is 12.1 Å². The molecular weight excluding hydrogens is 220 g/mol. The van der Waals surface area contributed by atoms with E-state index < -0.39 is 4.92 Å². The molecule has 0 bridgehead atoms. The number of benzene rings is 1. The van der Waals surface area contributed by atoms with Crippen LogP contribution in [0.2, 0.25) is 0 Å². The molecule has 1 atom stereocenters. The highest BCUT2D eigenvalue weighted by molar-refractivity contribution is 5.48. The molecule has 5 nitrogen and oxygen atoms in total. The van der Waals surface area contributed by atoms with Crippen molar-refractivity contribution in [2.24, 2.45) is 5.41 Å². The molecule has 1 N–H and O–H groups in total. The van der Waals surface area contributed by atoms with Crippen LogP contribution < -0.4 is 5.32 Å². The van der Waals surface area contributed by atoms with Crippen molar-refractivity contribution in [1.82, 2.24) is 0 Å². The lowest BCUT2D eigenvalue weighted by Gasteiger charge is -2.22. The maximum absolute atomic E-state index is 10.5. The SMILES string of the molecule is C[C@]1(CNc2ccc([N+](=O)[O-])cc2)CCOC1. The second kappa shape index (κ2) is 4.71. The number of ether oxygens (including phenoxy) is 1. The summed E-state index contributed by atoms with van der Waals surface area (Å²) >= 11 is 0. The number of non-ortho nitro benzene ring substituents is 1. The highest BCUT2D eigenvalue weighted by Crippen LogP contribution is 2.28. The van der Waals surface area contributed by atoms with E-state index in [0.29, 0.717) is 0 Å². The van der Waals surface area contributed by atoms with Gasteiger partial charge < -0.3 is 10.1 Å². The van der Waals surface area contributed by atoms with E-state index in [-0.39, 0.29) is 11.1 Å². The molecule has 1 aliphatic heterocycles. The summed E-state index contributed by atoms with van der Waals surface area (Å²) in [6.45, 7) is 4.59. The van der Waals surface area contributed by atoms with Crippen LogP contribution in [0.25, 0.3) is 0 Å². The van der Waals surface area contributed by atoms with Gasteiger partial charge in [0.15, 0.2) is 0 Å². The minimum atomic E-state index is -0.393. The van der Waals surface area contributed by atoms with Gasteiger partial charge in [0.25, 0.3) is 5.69 Å². The summed E-state index contributed by atoms with van der Waals surface area (Å²) in [4.78, 5) is 10.1. The zero-order chi connectivity index (χ0) is 12.3. The van der Waals surface area contributed by atoms with Crippen molar-refractivity contribution < 1.29 is 9.66 Å². The molecule has 1 aromatic carbocycles. The summed E-state index contributed by atoms with van der Waals surface area (Å²) in [5, 5.41) is 13.8. The van der Waals surface area contributed by atoms with Crippen LogP contribution in [0, 0.1) is 15.5 Å². The molecule has 1 heterocycles. The third-order valence-electron chi connectivity index (χ3n) is 3.10. The van der Waals surface area contributed by atoms with E-state index in [4.69, 9.17) is 4.74 Å². The lowest BCUT2D eigenvalue weighted by atomic mass is 9.90. The average molecular weight is 236 g/mol. The van der Waals surface area contributed by atoms with E-state index in [1.54, 1.807) is 12.1 Å². The van der Waals surface area contributed by atoms with Crippen molar-refractivity contribution >= 4 is 11.4 Å². The van der Waals surface area contributed by atoms with Crippen molar-refractivity contribution in [2.75, 3.05) is 25.1 Å². The highest BCUT2D eigenvalue weighted by atomic mass is 16.6.